The minimum Gasteiger partial charge on any atom is -0.376 e. The Bertz CT molecular complexity index is 639. The van der Waals surface area contributed by atoms with Crippen LogP contribution < -0.4 is 0 Å². The van der Waals surface area contributed by atoms with Gasteiger partial charge < -0.3 is 4.74 Å². The Morgan fingerprint density at radius 3 is 3.00 bits per heavy atom. The predicted molar refractivity (Wildman–Crippen MR) is 76.4 cm³/mol. The molecule has 0 saturated carbocycles. The number of aromatic nitrogens is 2. The Labute approximate surface area is 125 Å². The molecule has 20 heavy (non-hydrogen) atoms. The molecule has 1 aromatic carbocycles. The molecule has 104 valence electrons. The number of halogens is 2. The monoisotopic (exact) mass is 310 g/mol. The summed E-state index contributed by atoms with van der Waals surface area (Å²) >= 11 is 7.52. The van der Waals surface area contributed by atoms with Gasteiger partial charge in [-0.05, 0) is 12.1 Å². The van der Waals surface area contributed by atoms with Gasteiger partial charge in [0, 0.05) is 16.9 Å². The first-order chi connectivity index (χ1) is 9.74. The van der Waals surface area contributed by atoms with E-state index in [1.54, 1.807) is 12.1 Å². The van der Waals surface area contributed by atoms with E-state index in [4.69, 9.17) is 16.3 Å². The van der Waals surface area contributed by atoms with Crippen molar-refractivity contribution in [2.75, 3.05) is 6.61 Å². The first-order valence-electron chi connectivity index (χ1n) is 6.23. The minimum atomic E-state index is -0.227. The zero-order valence-corrected chi connectivity index (χ0v) is 12.2. The Morgan fingerprint density at radius 1 is 1.30 bits per heavy atom. The van der Waals surface area contributed by atoms with Crippen LogP contribution in [0, 0.1) is 5.82 Å². The van der Waals surface area contributed by atoms with Crippen molar-refractivity contribution in [1.29, 1.82) is 0 Å². The molecule has 3 rings (SSSR count). The zero-order chi connectivity index (χ0) is 13.9. The number of hydrogen-bond acceptors (Lipinski definition) is 4. The molecule has 6 heteroatoms. The largest absolute Gasteiger partial charge is 0.376 e. The number of benzene rings is 1. The summed E-state index contributed by atoms with van der Waals surface area (Å²) in [5.74, 6) is 0.897. The maximum absolute atomic E-state index is 13.5. The molecule has 3 nitrogen and oxygen atoms in total. The Balaban J connectivity index is 1.78. The van der Waals surface area contributed by atoms with Crippen molar-refractivity contribution in [2.45, 2.75) is 23.7 Å². The van der Waals surface area contributed by atoms with Gasteiger partial charge in [-0.1, -0.05) is 23.7 Å². The molecule has 2 aromatic rings. The molecule has 1 aliphatic rings. The highest BCUT2D eigenvalue weighted by Gasteiger charge is 2.17. The van der Waals surface area contributed by atoms with Gasteiger partial charge in [0.25, 0.3) is 0 Å². The van der Waals surface area contributed by atoms with Gasteiger partial charge in [-0.25, -0.2) is 14.4 Å². The van der Waals surface area contributed by atoms with E-state index in [1.165, 1.54) is 17.8 Å². The highest BCUT2D eigenvalue weighted by molar-refractivity contribution is 7.98. The number of rotatable bonds is 3. The summed E-state index contributed by atoms with van der Waals surface area (Å²) in [6, 6.07) is 6.67. The van der Waals surface area contributed by atoms with Crippen LogP contribution in [0.25, 0.3) is 0 Å². The van der Waals surface area contributed by atoms with Gasteiger partial charge in [-0.3, -0.25) is 0 Å². The van der Waals surface area contributed by atoms with E-state index < -0.39 is 0 Å². The summed E-state index contributed by atoms with van der Waals surface area (Å²) < 4.78 is 18.9. The average Bonchev–Trinajstić information content (AvgIpc) is 2.46. The molecule has 0 fully saturated rings. The molecular weight excluding hydrogens is 299 g/mol. The summed E-state index contributed by atoms with van der Waals surface area (Å²) in [5.41, 5.74) is 1.82. The van der Waals surface area contributed by atoms with E-state index in [0.29, 0.717) is 34.8 Å². The smallest absolute Gasteiger partial charge is 0.140 e. The van der Waals surface area contributed by atoms with E-state index in [-0.39, 0.29) is 5.82 Å². The van der Waals surface area contributed by atoms with Crippen LogP contribution in [0.4, 0.5) is 4.39 Å². The number of fused-ring (bicyclic) bond motifs is 1. The predicted octanol–water partition coefficient (Wildman–Crippen LogP) is 3.63. The molecule has 2 heterocycles. The molecule has 0 atom stereocenters. The van der Waals surface area contributed by atoms with Crippen LogP contribution in [-0.4, -0.2) is 16.6 Å². The van der Waals surface area contributed by atoms with Crippen LogP contribution in [0.5, 0.6) is 0 Å². The molecular formula is C14H12ClFN2OS. The average molecular weight is 311 g/mol. The van der Waals surface area contributed by atoms with Crippen LogP contribution >= 0.6 is 23.4 Å². The molecule has 0 spiro atoms. The molecule has 0 saturated heterocycles. The Kier molecular flexibility index (Phi) is 4.19. The molecule has 0 bridgehead atoms. The van der Waals surface area contributed by atoms with Crippen LogP contribution in [-0.2, 0) is 23.5 Å². The number of thioether (sulfide) groups is 1. The zero-order valence-electron chi connectivity index (χ0n) is 10.6. The fourth-order valence-electron chi connectivity index (χ4n) is 2.01. The van der Waals surface area contributed by atoms with Crippen molar-refractivity contribution in [3.63, 3.8) is 0 Å². The summed E-state index contributed by atoms with van der Waals surface area (Å²) in [6.07, 6.45) is 0.745. The lowest BCUT2D eigenvalue weighted by atomic mass is 10.1. The van der Waals surface area contributed by atoms with Crippen molar-refractivity contribution in [3.8, 4) is 0 Å². The standard InChI is InChI=1S/C14H12ClFN2OS/c15-14-9-7-19-6-5-11(9)17-13(18-14)8-20-12-4-2-1-3-10(12)16/h1-4H,5-8H2. The van der Waals surface area contributed by atoms with E-state index in [9.17, 15) is 4.39 Å². The third-order valence-corrected chi connectivity index (χ3v) is 4.37. The lowest BCUT2D eigenvalue weighted by Gasteiger charge is -2.17. The van der Waals surface area contributed by atoms with Crippen molar-refractivity contribution < 1.29 is 9.13 Å². The molecule has 1 aliphatic heterocycles. The van der Waals surface area contributed by atoms with Crippen molar-refractivity contribution in [1.82, 2.24) is 9.97 Å². The second-order valence-corrected chi connectivity index (χ2v) is 5.75. The van der Waals surface area contributed by atoms with Gasteiger partial charge in [0.2, 0.25) is 0 Å². The number of nitrogens with zero attached hydrogens (tertiary/aromatic N) is 2. The minimum absolute atomic E-state index is 0.227. The second kappa shape index (κ2) is 6.08. The Morgan fingerprint density at radius 2 is 2.15 bits per heavy atom. The third kappa shape index (κ3) is 2.95. The van der Waals surface area contributed by atoms with E-state index >= 15 is 0 Å². The second-order valence-electron chi connectivity index (χ2n) is 4.38. The van der Waals surface area contributed by atoms with Gasteiger partial charge in [0.05, 0.1) is 24.7 Å². The van der Waals surface area contributed by atoms with Gasteiger partial charge in [-0.2, -0.15) is 0 Å². The van der Waals surface area contributed by atoms with E-state index in [2.05, 4.69) is 9.97 Å². The van der Waals surface area contributed by atoms with Gasteiger partial charge in [0.15, 0.2) is 0 Å². The quantitative estimate of drug-likeness (QED) is 0.640. The normalized spacial score (nSPS) is 14.1. The summed E-state index contributed by atoms with van der Waals surface area (Å²) in [6.45, 7) is 1.12. The topological polar surface area (TPSA) is 35.0 Å². The van der Waals surface area contributed by atoms with Gasteiger partial charge in [-0.15, -0.1) is 11.8 Å². The van der Waals surface area contributed by atoms with Crippen LogP contribution in [0.15, 0.2) is 29.2 Å². The fraction of sp³-hybridized carbons (Fsp3) is 0.286. The van der Waals surface area contributed by atoms with Gasteiger partial charge >= 0.3 is 0 Å². The lowest BCUT2D eigenvalue weighted by Crippen LogP contribution is -2.14. The fourth-order valence-corrected chi connectivity index (χ4v) is 3.07. The van der Waals surface area contributed by atoms with Crippen molar-refractivity contribution in [3.05, 3.63) is 52.3 Å². The Hall–Kier alpha value is -1.17. The summed E-state index contributed by atoms with van der Waals surface area (Å²) in [4.78, 5) is 9.35. The van der Waals surface area contributed by atoms with Crippen LogP contribution in [0.2, 0.25) is 5.15 Å². The van der Waals surface area contributed by atoms with E-state index in [0.717, 1.165) is 17.7 Å². The molecule has 0 unspecified atom stereocenters. The maximum atomic E-state index is 13.5. The summed E-state index contributed by atoms with van der Waals surface area (Å²) in [7, 11) is 0. The number of hydrogen-bond donors (Lipinski definition) is 0. The third-order valence-electron chi connectivity index (χ3n) is 3.01. The highest BCUT2D eigenvalue weighted by atomic mass is 35.5. The van der Waals surface area contributed by atoms with Crippen molar-refractivity contribution >= 4 is 23.4 Å². The highest BCUT2D eigenvalue weighted by Crippen LogP contribution is 2.27. The molecule has 0 radical (unpaired) electrons. The summed E-state index contributed by atoms with van der Waals surface area (Å²) in [5, 5.41) is 0.443. The molecule has 0 amide bonds. The van der Waals surface area contributed by atoms with E-state index in [1.807, 2.05) is 6.07 Å². The first-order valence-corrected chi connectivity index (χ1v) is 7.59. The van der Waals surface area contributed by atoms with Gasteiger partial charge in [0.1, 0.15) is 16.8 Å². The maximum Gasteiger partial charge on any atom is 0.140 e. The molecule has 0 N–H and O–H groups in total. The number of ether oxygens (including phenoxy) is 1. The van der Waals surface area contributed by atoms with Crippen molar-refractivity contribution in [2.24, 2.45) is 0 Å². The molecule has 0 aliphatic carbocycles. The first kappa shape index (κ1) is 13.8. The molecule has 1 aromatic heterocycles. The lowest BCUT2D eigenvalue weighted by molar-refractivity contribution is 0.109. The SMILES string of the molecule is Fc1ccccc1SCc1nc(Cl)c2c(n1)CCOC2. The van der Waals surface area contributed by atoms with Crippen LogP contribution in [0.1, 0.15) is 17.1 Å². The van der Waals surface area contributed by atoms with Crippen LogP contribution in [0.3, 0.4) is 0 Å².